The molecule has 0 saturated carbocycles. The second kappa shape index (κ2) is 16.3. The summed E-state index contributed by atoms with van der Waals surface area (Å²) < 4.78 is 138. The SMILES string of the molecule is [2H]c1c([2H])c([2H])c(-c2cccc(-c3c([2H])c([2H])c([2H])c([2H])c3[2H])c2-c2ccc3c(c2)c2ccccc2n3-c2cccc3c2C2c4ccccc4C3c3cccc([Si](c4ccccc4)(c4ccccc4)c4c([2H])c([2H])c([2H])c([2H])c4[2H])c32)c([2H])c1[2H]. The van der Waals surface area contributed by atoms with Crippen molar-refractivity contribution in [3.8, 4) is 39.1 Å². The fraction of sp³-hybridized carbons (Fsp3) is 0.0294. The first-order valence-corrected chi connectivity index (χ1v) is 25.3. The molecule has 3 aliphatic carbocycles. The molecular weight excluding hydrogens is 859 g/mol. The van der Waals surface area contributed by atoms with E-state index in [0.29, 0.717) is 11.1 Å². The molecule has 70 heavy (non-hydrogen) atoms. The van der Waals surface area contributed by atoms with Gasteiger partial charge < -0.3 is 4.57 Å². The number of nitrogens with zero attached hydrogens (tertiary/aromatic N) is 1. The van der Waals surface area contributed by atoms with Crippen LogP contribution in [0.15, 0.2) is 273 Å². The van der Waals surface area contributed by atoms with Crippen LogP contribution in [-0.2, 0) is 0 Å². The Labute approximate surface area is 431 Å². The van der Waals surface area contributed by atoms with Gasteiger partial charge in [0.25, 0.3) is 0 Å². The Hall–Kier alpha value is -8.56. The van der Waals surface area contributed by atoms with E-state index < -0.39 is 92.5 Å². The van der Waals surface area contributed by atoms with Gasteiger partial charge in [0.1, 0.15) is 0 Å². The topological polar surface area (TPSA) is 4.93 Å². The van der Waals surface area contributed by atoms with Crippen LogP contribution >= 0.6 is 0 Å². The van der Waals surface area contributed by atoms with Crippen molar-refractivity contribution >= 4 is 50.6 Å². The Bertz CT molecular complexity index is 4650. The maximum Gasteiger partial charge on any atom is 0.179 e. The van der Waals surface area contributed by atoms with Gasteiger partial charge in [0.05, 0.1) is 37.3 Å². The molecule has 15 rings (SSSR count). The molecule has 1 heterocycles. The lowest BCUT2D eigenvalue weighted by molar-refractivity contribution is 0.752. The summed E-state index contributed by atoms with van der Waals surface area (Å²) in [4.78, 5) is 0. The second-order valence-electron chi connectivity index (χ2n) is 17.9. The van der Waals surface area contributed by atoms with Gasteiger partial charge in [0.2, 0.25) is 0 Å². The minimum absolute atomic E-state index is 0.109. The number of para-hydroxylation sites is 1. The number of aromatic nitrogens is 1. The first-order chi connectivity index (χ1) is 41.0. The first-order valence-electron chi connectivity index (χ1n) is 30.8. The number of rotatable bonds is 8. The molecule has 11 aromatic carbocycles. The van der Waals surface area contributed by atoms with E-state index in [2.05, 4.69) is 71.3 Å². The molecule has 3 aliphatic rings. The molecule has 2 heteroatoms. The Morgan fingerprint density at radius 3 is 1.53 bits per heavy atom. The van der Waals surface area contributed by atoms with Gasteiger partial charge in [-0.1, -0.05) is 248 Å². The average molecular weight is 921 g/mol. The molecule has 12 aromatic rings. The lowest BCUT2D eigenvalue weighted by atomic mass is 9.60. The van der Waals surface area contributed by atoms with Crippen molar-refractivity contribution in [2.45, 2.75) is 11.8 Å². The van der Waals surface area contributed by atoms with Crippen LogP contribution < -0.4 is 20.7 Å². The van der Waals surface area contributed by atoms with Gasteiger partial charge in [-0.2, -0.15) is 0 Å². The molecule has 1 aromatic heterocycles. The van der Waals surface area contributed by atoms with E-state index in [0.717, 1.165) is 76.4 Å². The molecule has 0 fully saturated rings. The number of fused-ring (bicyclic) bond motifs is 3. The lowest BCUT2D eigenvalue weighted by Gasteiger charge is -2.46. The Morgan fingerprint density at radius 2 is 0.871 bits per heavy atom. The van der Waals surface area contributed by atoms with Gasteiger partial charge in [-0.05, 0) is 112 Å². The van der Waals surface area contributed by atoms with E-state index in [1.54, 1.807) is 18.2 Å². The molecule has 0 N–H and O–H groups in total. The third-order valence-electron chi connectivity index (χ3n) is 14.6. The summed E-state index contributed by atoms with van der Waals surface area (Å²) in [7, 11) is -3.95. The molecule has 1 nitrogen and oxygen atoms in total. The monoisotopic (exact) mass is 920 g/mol. The van der Waals surface area contributed by atoms with Gasteiger partial charge in [-0.25, -0.2) is 0 Å². The van der Waals surface area contributed by atoms with Crippen LogP contribution in [0.3, 0.4) is 0 Å². The van der Waals surface area contributed by atoms with E-state index in [-0.39, 0.29) is 45.4 Å². The van der Waals surface area contributed by atoms with E-state index in [1.807, 2.05) is 97.1 Å². The quantitative estimate of drug-likeness (QED) is 0.106. The standard InChI is InChI=1S/C68H47NSi/c1-6-23-46(24-7-1)52-36-20-37-53(47-25-8-2-9-26-47)64(52)48-43-44-61-59(45-48)54-33-18-19-40-60(54)69(61)62-41-21-38-57-65-55-34-16-17-35-56(55)68(66(57)62)67-58(65)39-22-42-63(67)70(49-27-10-3-11-28-49,50-29-12-4-13-30-50)51-31-14-5-15-32-51/h1-45,65,68H/i1D,2D,3D,6D,7D,8D,9D,10D,11D,23D,24D,25D,26D,27D,28D. The molecule has 328 valence electrons. The van der Waals surface area contributed by atoms with Crippen molar-refractivity contribution in [2.24, 2.45) is 0 Å². The molecule has 0 spiro atoms. The van der Waals surface area contributed by atoms with Crippen LogP contribution in [0.2, 0.25) is 0 Å². The fourth-order valence-corrected chi connectivity index (χ4v) is 16.7. The van der Waals surface area contributed by atoms with Crippen molar-refractivity contribution in [2.75, 3.05) is 0 Å². The summed E-state index contributed by atoms with van der Waals surface area (Å²) in [6.07, 6.45) is 0. The molecule has 2 unspecified atom stereocenters. The molecule has 0 amide bonds. The van der Waals surface area contributed by atoms with Crippen molar-refractivity contribution in [3.63, 3.8) is 0 Å². The zero-order valence-electron chi connectivity index (χ0n) is 52.4. The van der Waals surface area contributed by atoms with Gasteiger partial charge in [-0.15, -0.1) is 0 Å². The third-order valence-corrected chi connectivity index (χ3v) is 19.2. The highest BCUT2D eigenvalue weighted by Crippen LogP contribution is 2.57. The summed E-state index contributed by atoms with van der Waals surface area (Å²) in [5, 5.41) is 4.52. The van der Waals surface area contributed by atoms with E-state index >= 15 is 0 Å². The summed E-state index contributed by atoms with van der Waals surface area (Å²) >= 11 is 0. The Balaban J connectivity index is 1.07. The van der Waals surface area contributed by atoms with Gasteiger partial charge >= 0.3 is 0 Å². The molecule has 0 aliphatic heterocycles. The van der Waals surface area contributed by atoms with Crippen LogP contribution in [0.25, 0.3) is 60.9 Å². The zero-order valence-corrected chi connectivity index (χ0v) is 38.4. The summed E-state index contributed by atoms with van der Waals surface area (Å²) in [5.41, 5.74) is 9.99. The minimum Gasteiger partial charge on any atom is -0.309 e. The van der Waals surface area contributed by atoms with E-state index in [4.69, 9.17) is 9.60 Å². The van der Waals surface area contributed by atoms with Crippen molar-refractivity contribution in [3.05, 3.63) is 306 Å². The third kappa shape index (κ3) is 5.97. The zero-order chi connectivity index (χ0) is 59.2. The maximum absolute atomic E-state index is 9.85. The van der Waals surface area contributed by atoms with Gasteiger partial charge in [0.15, 0.2) is 8.07 Å². The molecule has 0 saturated heterocycles. The minimum atomic E-state index is -3.95. The number of hydrogen-bond donors (Lipinski definition) is 0. The summed E-state index contributed by atoms with van der Waals surface area (Å²) in [5.74, 6) is -0.719. The highest BCUT2D eigenvalue weighted by molar-refractivity contribution is 7.20. The van der Waals surface area contributed by atoms with E-state index in [9.17, 15) is 11.0 Å². The first kappa shape index (κ1) is 28.1. The highest BCUT2D eigenvalue weighted by atomic mass is 28.3. The van der Waals surface area contributed by atoms with Crippen molar-refractivity contribution in [1.82, 2.24) is 4.57 Å². The molecule has 2 bridgehead atoms. The molecular formula is C68H47NSi. The van der Waals surface area contributed by atoms with Crippen LogP contribution in [-0.4, -0.2) is 12.6 Å². The van der Waals surface area contributed by atoms with Crippen molar-refractivity contribution in [1.29, 1.82) is 0 Å². The predicted octanol–water partition coefficient (Wildman–Crippen LogP) is 14.1. The predicted molar refractivity (Wildman–Crippen MR) is 295 cm³/mol. The van der Waals surface area contributed by atoms with Crippen molar-refractivity contribution < 1.29 is 20.6 Å². The normalized spacial score (nSPS) is 17.6. The van der Waals surface area contributed by atoms with Gasteiger partial charge in [-0.3, -0.25) is 0 Å². The van der Waals surface area contributed by atoms with Crippen LogP contribution in [0.4, 0.5) is 0 Å². The average Bonchev–Trinajstić information content (AvgIpc) is 1.10. The highest BCUT2D eigenvalue weighted by Gasteiger charge is 2.50. The number of hydrogen-bond acceptors (Lipinski definition) is 0. The Morgan fingerprint density at radius 1 is 0.357 bits per heavy atom. The van der Waals surface area contributed by atoms with E-state index in [1.165, 1.54) is 0 Å². The molecule has 0 radical (unpaired) electrons. The van der Waals surface area contributed by atoms with Crippen LogP contribution in [0, 0.1) is 0 Å². The number of benzene rings is 11. The van der Waals surface area contributed by atoms with Gasteiger partial charge in [0, 0.05) is 22.6 Å². The summed E-state index contributed by atoms with van der Waals surface area (Å²) in [6, 6.07) is 52.9. The smallest absolute Gasteiger partial charge is 0.179 e. The van der Waals surface area contributed by atoms with Crippen LogP contribution in [0.5, 0.6) is 0 Å². The molecule has 2 atom stereocenters. The summed E-state index contributed by atoms with van der Waals surface area (Å²) in [6.45, 7) is 0. The van der Waals surface area contributed by atoms with Crippen LogP contribution in [0.1, 0.15) is 65.8 Å². The fourth-order valence-electron chi connectivity index (χ4n) is 12.0. The largest absolute Gasteiger partial charge is 0.309 e. The lowest BCUT2D eigenvalue weighted by Crippen LogP contribution is -2.75. The Kier molecular flexibility index (Phi) is 6.53. The maximum atomic E-state index is 9.85. The second-order valence-corrected chi connectivity index (χ2v) is 21.6.